The van der Waals surface area contributed by atoms with Gasteiger partial charge in [-0.25, -0.2) is 0 Å². The highest BCUT2D eigenvalue weighted by Crippen LogP contribution is 2.34. The van der Waals surface area contributed by atoms with E-state index in [4.69, 9.17) is 10.8 Å². The Morgan fingerprint density at radius 3 is 2.47 bits per heavy atom. The maximum absolute atomic E-state index is 11.8. The number of nitrogens with two attached hydrogens (primary N) is 1. The van der Waals surface area contributed by atoms with Gasteiger partial charge in [0.25, 0.3) is 0 Å². The summed E-state index contributed by atoms with van der Waals surface area (Å²) in [6.45, 7) is 3.90. The van der Waals surface area contributed by atoms with E-state index in [1.807, 2.05) is 13.8 Å². The summed E-state index contributed by atoms with van der Waals surface area (Å²) < 4.78 is 0. The van der Waals surface area contributed by atoms with Crippen molar-refractivity contribution in [3.8, 4) is 0 Å². The summed E-state index contributed by atoms with van der Waals surface area (Å²) in [5, 5.41) is 11.6. The van der Waals surface area contributed by atoms with Crippen LogP contribution in [0.15, 0.2) is 0 Å². The Labute approximate surface area is 102 Å². The van der Waals surface area contributed by atoms with Crippen molar-refractivity contribution in [1.82, 2.24) is 5.32 Å². The van der Waals surface area contributed by atoms with Gasteiger partial charge in [-0.3, -0.25) is 9.59 Å². The number of hydrogen-bond donors (Lipinski definition) is 3. The van der Waals surface area contributed by atoms with Gasteiger partial charge in [0.2, 0.25) is 5.91 Å². The van der Waals surface area contributed by atoms with E-state index in [2.05, 4.69) is 5.32 Å². The fraction of sp³-hybridized carbons (Fsp3) is 0.833. The Morgan fingerprint density at radius 2 is 2.06 bits per heavy atom. The van der Waals surface area contributed by atoms with E-state index in [9.17, 15) is 9.59 Å². The molecular weight excluding hydrogens is 220 g/mol. The number of carbonyl (C=O) groups excluding carboxylic acids is 1. The third-order valence-electron chi connectivity index (χ3n) is 3.47. The molecule has 0 aliphatic heterocycles. The van der Waals surface area contributed by atoms with E-state index in [0.29, 0.717) is 5.92 Å². The zero-order chi connectivity index (χ0) is 13.0. The first-order chi connectivity index (χ1) is 7.95. The molecule has 0 aromatic carbocycles. The van der Waals surface area contributed by atoms with E-state index in [1.54, 1.807) is 0 Å². The van der Waals surface area contributed by atoms with Crippen LogP contribution in [0.3, 0.4) is 0 Å². The Kier molecular flexibility index (Phi) is 4.93. The monoisotopic (exact) mass is 242 g/mol. The average molecular weight is 242 g/mol. The molecule has 98 valence electrons. The highest BCUT2D eigenvalue weighted by Gasteiger charge is 2.34. The van der Waals surface area contributed by atoms with Gasteiger partial charge in [0.1, 0.15) is 0 Å². The molecule has 1 aliphatic rings. The van der Waals surface area contributed by atoms with Crippen LogP contribution in [0.25, 0.3) is 0 Å². The average Bonchev–Trinajstić information content (AvgIpc) is 3.09. The van der Waals surface area contributed by atoms with Crippen LogP contribution in [0.4, 0.5) is 0 Å². The molecule has 0 aromatic rings. The van der Waals surface area contributed by atoms with E-state index < -0.39 is 12.0 Å². The number of nitrogens with one attached hydrogen (secondary N) is 1. The maximum atomic E-state index is 11.8. The summed E-state index contributed by atoms with van der Waals surface area (Å²) >= 11 is 0. The van der Waals surface area contributed by atoms with Gasteiger partial charge in [-0.2, -0.15) is 0 Å². The summed E-state index contributed by atoms with van der Waals surface area (Å²) in [4.78, 5) is 22.5. The van der Waals surface area contributed by atoms with E-state index in [-0.39, 0.29) is 24.3 Å². The second-order valence-electron chi connectivity index (χ2n) is 4.96. The minimum atomic E-state index is -0.876. The first kappa shape index (κ1) is 14.0. The van der Waals surface area contributed by atoms with Gasteiger partial charge in [-0.05, 0) is 24.7 Å². The molecule has 3 atom stereocenters. The predicted molar refractivity (Wildman–Crippen MR) is 64.3 cm³/mol. The normalized spacial score (nSPS) is 20.4. The number of carbonyl (C=O) groups is 2. The van der Waals surface area contributed by atoms with Crippen molar-refractivity contribution < 1.29 is 14.7 Å². The fourth-order valence-electron chi connectivity index (χ4n) is 1.81. The molecule has 1 aliphatic carbocycles. The number of hydrogen-bond acceptors (Lipinski definition) is 3. The molecule has 5 nitrogen and oxygen atoms in total. The van der Waals surface area contributed by atoms with Gasteiger partial charge < -0.3 is 16.2 Å². The van der Waals surface area contributed by atoms with Crippen LogP contribution >= 0.6 is 0 Å². The molecule has 0 heterocycles. The summed E-state index contributed by atoms with van der Waals surface area (Å²) in [5.74, 6) is -0.671. The van der Waals surface area contributed by atoms with Crippen molar-refractivity contribution in [1.29, 1.82) is 0 Å². The highest BCUT2D eigenvalue weighted by molar-refractivity contribution is 5.82. The molecule has 0 radical (unpaired) electrons. The van der Waals surface area contributed by atoms with Crippen molar-refractivity contribution in [2.75, 3.05) is 0 Å². The minimum absolute atomic E-state index is 0.0103. The van der Waals surface area contributed by atoms with Crippen molar-refractivity contribution in [2.45, 2.75) is 51.6 Å². The molecule has 17 heavy (non-hydrogen) atoms. The summed E-state index contributed by atoms with van der Waals surface area (Å²) in [5.41, 5.74) is 5.81. The first-order valence-electron chi connectivity index (χ1n) is 6.23. The van der Waals surface area contributed by atoms with E-state index in [0.717, 1.165) is 19.3 Å². The lowest BCUT2D eigenvalue weighted by atomic mass is 9.98. The Morgan fingerprint density at radius 1 is 1.47 bits per heavy atom. The molecule has 0 saturated heterocycles. The molecule has 1 rings (SSSR count). The standard InChI is InChI=1S/C12H22N2O3/c1-3-7(2)11(13)12(17)14-9(6-10(15)16)8-4-5-8/h7-9,11H,3-6,13H2,1-2H3,(H,14,17)(H,15,16)/t7?,9?,11-/m0/s1. The highest BCUT2D eigenvalue weighted by atomic mass is 16.4. The molecule has 1 saturated carbocycles. The van der Waals surface area contributed by atoms with E-state index >= 15 is 0 Å². The smallest absolute Gasteiger partial charge is 0.305 e. The second kappa shape index (κ2) is 6.00. The first-order valence-corrected chi connectivity index (χ1v) is 6.23. The zero-order valence-electron chi connectivity index (χ0n) is 10.5. The SMILES string of the molecule is CCC(C)[C@H](N)C(=O)NC(CC(=O)O)C1CC1. The van der Waals surface area contributed by atoms with Gasteiger partial charge in [0.05, 0.1) is 12.5 Å². The van der Waals surface area contributed by atoms with Crippen LogP contribution in [0, 0.1) is 11.8 Å². The number of rotatable bonds is 7. The second-order valence-corrected chi connectivity index (χ2v) is 4.96. The topological polar surface area (TPSA) is 92.4 Å². The van der Waals surface area contributed by atoms with Gasteiger partial charge in [0, 0.05) is 6.04 Å². The number of aliphatic carboxylic acids is 1. The van der Waals surface area contributed by atoms with Crippen molar-refractivity contribution in [2.24, 2.45) is 17.6 Å². The fourth-order valence-corrected chi connectivity index (χ4v) is 1.81. The summed E-state index contributed by atoms with van der Waals surface area (Å²) in [7, 11) is 0. The lowest BCUT2D eigenvalue weighted by Gasteiger charge is -2.22. The Bertz CT molecular complexity index is 289. The third kappa shape index (κ3) is 4.34. The van der Waals surface area contributed by atoms with Crippen LogP contribution in [0.1, 0.15) is 39.5 Å². The van der Waals surface area contributed by atoms with Crippen LogP contribution in [-0.2, 0) is 9.59 Å². The van der Waals surface area contributed by atoms with Crippen LogP contribution in [0.2, 0.25) is 0 Å². The van der Waals surface area contributed by atoms with Crippen LogP contribution in [-0.4, -0.2) is 29.1 Å². The van der Waals surface area contributed by atoms with Crippen molar-refractivity contribution >= 4 is 11.9 Å². The minimum Gasteiger partial charge on any atom is -0.481 e. The molecule has 1 fully saturated rings. The van der Waals surface area contributed by atoms with Gasteiger partial charge >= 0.3 is 5.97 Å². The Hall–Kier alpha value is -1.10. The zero-order valence-corrected chi connectivity index (χ0v) is 10.5. The maximum Gasteiger partial charge on any atom is 0.305 e. The van der Waals surface area contributed by atoms with Gasteiger partial charge in [-0.1, -0.05) is 20.3 Å². The van der Waals surface area contributed by atoms with Gasteiger partial charge in [-0.15, -0.1) is 0 Å². The van der Waals surface area contributed by atoms with Crippen LogP contribution < -0.4 is 11.1 Å². The van der Waals surface area contributed by atoms with Crippen molar-refractivity contribution in [3.05, 3.63) is 0 Å². The number of carboxylic acid groups (broad SMARTS) is 1. The van der Waals surface area contributed by atoms with Gasteiger partial charge in [0.15, 0.2) is 0 Å². The molecular formula is C12H22N2O3. The van der Waals surface area contributed by atoms with Crippen molar-refractivity contribution in [3.63, 3.8) is 0 Å². The summed E-state index contributed by atoms with van der Waals surface area (Å²) in [6, 6.07) is -0.801. The van der Waals surface area contributed by atoms with Crippen LogP contribution in [0.5, 0.6) is 0 Å². The predicted octanol–water partition coefficient (Wildman–Crippen LogP) is 0.729. The Balaban J connectivity index is 2.48. The number of carboxylic acids is 1. The largest absolute Gasteiger partial charge is 0.481 e. The molecule has 0 spiro atoms. The third-order valence-corrected chi connectivity index (χ3v) is 3.47. The molecule has 0 bridgehead atoms. The molecule has 1 amide bonds. The molecule has 2 unspecified atom stereocenters. The van der Waals surface area contributed by atoms with E-state index in [1.165, 1.54) is 0 Å². The number of amides is 1. The lowest BCUT2D eigenvalue weighted by molar-refractivity contribution is -0.138. The molecule has 4 N–H and O–H groups in total. The lowest BCUT2D eigenvalue weighted by Crippen LogP contribution is -2.49. The summed E-state index contributed by atoms with van der Waals surface area (Å²) in [6.07, 6.45) is 2.82. The quantitative estimate of drug-likeness (QED) is 0.613. The molecule has 5 heteroatoms. The molecule has 0 aromatic heterocycles.